The predicted molar refractivity (Wildman–Crippen MR) is 165 cm³/mol. The van der Waals surface area contributed by atoms with Crippen molar-refractivity contribution < 1.29 is 52.2 Å². The van der Waals surface area contributed by atoms with Crippen molar-refractivity contribution in [3.8, 4) is 5.75 Å². The number of rotatable bonds is 30. The van der Waals surface area contributed by atoms with Gasteiger partial charge in [-0.05, 0) is 50.2 Å². The molecule has 13 nitrogen and oxygen atoms in total. The lowest BCUT2D eigenvalue weighted by Crippen LogP contribution is -2.33. The van der Waals surface area contributed by atoms with E-state index in [0.717, 1.165) is 37.4 Å². The fourth-order valence-electron chi connectivity index (χ4n) is 3.93. The third kappa shape index (κ3) is 23.5. The molecule has 0 aromatic heterocycles. The van der Waals surface area contributed by atoms with Crippen LogP contribution in [0.25, 0.3) is 0 Å². The summed E-state index contributed by atoms with van der Waals surface area (Å²) in [5.74, 6) is 0.615. The molecule has 1 aromatic carbocycles. The smallest absolute Gasteiger partial charge is 0.221 e. The zero-order valence-corrected chi connectivity index (χ0v) is 26.4. The van der Waals surface area contributed by atoms with Gasteiger partial charge in [-0.15, -0.1) is 0 Å². The van der Waals surface area contributed by atoms with E-state index in [1.165, 1.54) is 6.92 Å². The lowest BCUT2D eigenvalue weighted by atomic mass is 10.1. The molecule has 2 rings (SSSR count). The first-order chi connectivity index (χ1) is 21.7. The highest BCUT2D eigenvalue weighted by molar-refractivity contribution is 5.88. The van der Waals surface area contributed by atoms with Gasteiger partial charge in [-0.25, -0.2) is 0 Å². The monoisotopic (exact) mass is 630 g/mol. The topological polar surface area (TPSA) is 133 Å². The van der Waals surface area contributed by atoms with Gasteiger partial charge >= 0.3 is 0 Å². The van der Waals surface area contributed by atoms with Crippen molar-refractivity contribution in [3.63, 3.8) is 0 Å². The average molecular weight is 631 g/mol. The highest BCUT2D eigenvalue weighted by Crippen LogP contribution is 2.15. The Kier molecular flexibility index (Phi) is 24.8. The standard InChI is InChI=1S/C31H54N2O11/c1-28(34)33-29-2-4-30(5-3-29)43-26-24-41-22-20-39-18-16-37-14-12-35-10-11-36-13-15-38-17-19-40-21-23-42-25-27-44-31-6-8-32-9-7-31/h2-5,31-32H,6-27H2,1H3,(H,33,34). The number of carbonyl (C=O) groups excluding carboxylic acids is 1. The summed E-state index contributed by atoms with van der Waals surface area (Å²) in [5.41, 5.74) is 0.734. The number of hydrogen-bond donors (Lipinski definition) is 2. The minimum atomic E-state index is -0.105. The van der Waals surface area contributed by atoms with Crippen LogP contribution in [0, 0.1) is 0 Å². The van der Waals surface area contributed by atoms with Crippen LogP contribution in [0.4, 0.5) is 5.69 Å². The van der Waals surface area contributed by atoms with E-state index in [0.29, 0.717) is 125 Å². The van der Waals surface area contributed by atoms with Crippen LogP contribution in [0.1, 0.15) is 19.8 Å². The largest absolute Gasteiger partial charge is 0.491 e. The van der Waals surface area contributed by atoms with Crippen LogP contribution in [0.5, 0.6) is 5.75 Å². The maximum atomic E-state index is 11.0. The number of piperidine rings is 1. The zero-order valence-electron chi connectivity index (χ0n) is 26.4. The molecule has 1 fully saturated rings. The molecule has 1 aliphatic rings. The Morgan fingerprint density at radius 3 is 1.34 bits per heavy atom. The van der Waals surface area contributed by atoms with Gasteiger partial charge in [0.15, 0.2) is 0 Å². The molecule has 1 amide bonds. The van der Waals surface area contributed by atoms with Gasteiger partial charge < -0.3 is 58.0 Å². The zero-order chi connectivity index (χ0) is 31.2. The summed E-state index contributed by atoms with van der Waals surface area (Å²) in [5, 5.41) is 6.04. The summed E-state index contributed by atoms with van der Waals surface area (Å²) in [7, 11) is 0. The van der Waals surface area contributed by atoms with Crippen LogP contribution in [0.15, 0.2) is 24.3 Å². The Morgan fingerprint density at radius 2 is 0.955 bits per heavy atom. The lowest BCUT2D eigenvalue weighted by Gasteiger charge is -2.22. The third-order valence-electron chi connectivity index (χ3n) is 6.14. The first kappa shape index (κ1) is 38.3. The second kappa shape index (κ2) is 28.6. The van der Waals surface area contributed by atoms with Crippen molar-refractivity contribution in [2.45, 2.75) is 25.9 Å². The number of benzene rings is 1. The van der Waals surface area contributed by atoms with Gasteiger partial charge in [0.05, 0.1) is 118 Å². The molecule has 0 bridgehead atoms. The Balaban J connectivity index is 1.17. The number of nitrogens with one attached hydrogen (secondary N) is 2. The van der Waals surface area contributed by atoms with Gasteiger partial charge in [0.2, 0.25) is 5.91 Å². The summed E-state index contributed by atoms with van der Waals surface area (Å²) in [6.45, 7) is 12.9. The van der Waals surface area contributed by atoms with E-state index in [9.17, 15) is 4.79 Å². The van der Waals surface area contributed by atoms with Gasteiger partial charge in [0.25, 0.3) is 0 Å². The van der Waals surface area contributed by atoms with Crippen LogP contribution < -0.4 is 15.4 Å². The first-order valence-corrected chi connectivity index (χ1v) is 15.7. The molecule has 1 saturated heterocycles. The molecule has 44 heavy (non-hydrogen) atoms. The maximum absolute atomic E-state index is 11.0. The van der Waals surface area contributed by atoms with Crippen molar-refractivity contribution in [2.24, 2.45) is 0 Å². The first-order valence-electron chi connectivity index (χ1n) is 15.7. The second-order valence-corrected chi connectivity index (χ2v) is 9.77. The number of carbonyl (C=O) groups is 1. The van der Waals surface area contributed by atoms with Crippen molar-refractivity contribution in [2.75, 3.05) is 137 Å². The highest BCUT2D eigenvalue weighted by Gasteiger charge is 2.12. The third-order valence-corrected chi connectivity index (χ3v) is 6.14. The van der Waals surface area contributed by atoms with Gasteiger partial charge in [0.1, 0.15) is 12.4 Å². The molecule has 2 N–H and O–H groups in total. The average Bonchev–Trinajstić information content (AvgIpc) is 3.03. The summed E-state index contributed by atoms with van der Waals surface area (Å²) in [6, 6.07) is 7.19. The Bertz CT molecular complexity index is 782. The predicted octanol–water partition coefficient (Wildman–Crippen LogP) is 1.93. The van der Waals surface area contributed by atoms with Crippen LogP contribution in [-0.2, 0) is 47.4 Å². The number of hydrogen-bond acceptors (Lipinski definition) is 12. The lowest BCUT2D eigenvalue weighted by molar-refractivity contribution is -0.114. The normalized spacial score (nSPS) is 13.8. The molecular weight excluding hydrogens is 576 g/mol. The van der Waals surface area contributed by atoms with E-state index in [-0.39, 0.29) is 5.91 Å². The fourth-order valence-corrected chi connectivity index (χ4v) is 3.93. The molecule has 254 valence electrons. The quantitative estimate of drug-likeness (QED) is 0.120. The minimum absolute atomic E-state index is 0.105. The van der Waals surface area contributed by atoms with Crippen molar-refractivity contribution in [1.29, 1.82) is 0 Å². The summed E-state index contributed by atoms with van der Waals surface area (Å²) < 4.78 is 55.3. The van der Waals surface area contributed by atoms with Crippen molar-refractivity contribution in [3.05, 3.63) is 24.3 Å². The number of anilines is 1. The summed E-state index contributed by atoms with van der Waals surface area (Å²) in [4.78, 5) is 11.0. The van der Waals surface area contributed by atoms with Gasteiger partial charge in [-0.2, -0.15) is 0 Å². The minimum Gasteiger partial charge on any atom is -0.491 e. The van der Waals surface area contributed by atoms with E-state index < -0.39 is 0 Å². The van der Waals surface area contributed by atoms with Crippen LogP contribution >= 0.6 is 0 Å². The van der Waals surface area contributed by atoms with Crippen LogP contribution in [-0.4, -0.2) is 144 Å². The van der Waals surface area contributed by atoms with Gasteiger partial charge in [-0.1, -0.05) is 0 Å². The molecule has 1 aliphatic heterocycles. The molecule has 1 aromatic rings. The SMILES string of the molecule is CC(=O)Nc1ccc(OCCOCCOCCOCCOCCOCCOCCOCCOCCOC2CCNCC2)cc1. The maximum Gasteiger partial charge on any atom is 0.221 e. The van der Waals surface area contributed by atoms with E-state index in [2.05, 4.69) is 10.6 Å². The van der Waals surface area contributed by atoms with Crippen molar-refractivity contribution >= 4 is 11.6 Å². The Hall–Kier alpha value is -1.91. The summed E-state index contributed by atoms with van der Waals surface area (Å²) in [6.07, 6.45) is 2.53. The molecule has 0 spiro atoms. The van der Waals surface area contributed by atoms with Crippen LogP contribution in [0.2, 0.25) is 0 Å². The Labute approximate surface area is 262 Å². The van der Waals surface area contributed by atoms with Gasteiger partial charge in [0, 0.05) is 12.6 Å². The molecule has 13 heteroatoms. The second-order valence-electron chi connectivity index (χ2n) is 9.77. The molecular formula is C31H54N2O11. The molecule has 1 heterocycles. The van der Waals surface area contributed by atoms with Crippen LogP contribution in [0.3, 0.4) is 0 Å². The fraction of sp³-hybridized carbons (Fsp3) is 0.774. The molecule has 0 unspecified atom stereocenters. The number of amides is 1. The number of ether oxygens (including phenoxy) is 10. The van der Waals surface area contributed by atoms with E-state index in [1.54, 1.807) is 24.3 Å². The molecule has 0 radical (unpaired) electrons. The van der Waals surface area contributed by atoms with E-state index in [4.69, 9.17) is 47.4 Å². The van der Waals surface area contributed by atoms with E-state index in [1.807, 2.05) is 0 Å². The molecule has 0 saturated carbocycles. The van der Waals surface area contributed by atoms with Gasteiger partial charge in [-0.3, -0.25) is 4.79 Å². The summed E-state index contributed by atoms with van der Waals surface area (Å²) >= 11 is 0. The highest BCUT2D eigenvalue weighted by atomic mass is 16.6. The Morgan fingerprint density at radius 1 is 0.591 bits per heavy atom. The molecule has 0 aliphatic carbocycles. The van der Waals surface area contributed by atoms with Crippen molar-refractivity contribution in [1.82, 2.24) is 5.32 Å². The molecule has 0 atom stereocenters. The van der Waals surface area contributed by atoms with E-state index >= 15 is 0 Å².